The lowest BCUT2D eigenvalue weighted by Crippen LogP contribution is -2.16. The summed E-state index contributed by atoms with van der Waals surface area (Å²) < 4.78 is 33.4. The second-order valence-electron chi connectivity index (χ2n) is 3.14. The summed E-state index contributed by atoms with van der Waals surface area (Å²) in [4.78, 5) is 7.80. The van der Waals surface area contributed by atoms with Crippen molar-refractivity contribution in [3.05, 3.63) is 6.33 Å². The number of hydrogen-bond acceptors (Lipinski definition) is 7. The zero-order valence-corrected chi connectivity index (χ0v) is 9.82. The molecule has 102 valence electrons. The largest absolute Gasteiger partial charge is 0.490 e. The van der Waals surface area contributed by atoms with Crippen LogP contribution < -0.4 is 21.3 Å². The number of nitrogen functional groups attached to an aromatic ring is 1. The van der Waals surface area contributed by atoms with Crippen molar-refractivity contribution < 1.29 is 18.3 Å². The van der Waals surface area contributed by atoms with Gasteiger partial charge in [-0.05, 0) is 0 Å². The van der Waals surface area contributed by atoms with E-state index in [1.165, 1.54) is 13.4 Å². The van der Waals surface area contributed by atoms with E-state index >= 15 is 0 Å². The molecule has 0 amide bonds. The molecule has 9 heteroatoms. The van der Waals surface area contributed by atoms with Gasteiger partial charge in [-0.1, -0.05) is 0 Å². The first-order valence-corrected chi connectivity index (χ1v) is 5.14. The highest BCUT2D eigenvalue weighted by Gasteiger charge is 2.10. The fourth-order valence-electron chi connectivity index (χ4n) is 1.21. The molecule has 0 bridgehead atoms. The lowest BCUT2D eigenvalue weighted by molar-refractivity contribution is 0.0214. The van der Waals surface area contributed by atoms with Crippen molar-refractivity contribution in [2.24, 2.45) is 5.84 Å². The van der Waals surface area contributed by atoms with Crippen LogP contribution in [-0.2, 0) is 4.74 Å². The van der Waals surface area contributed by atoms with Crippen LogP contribution in [0.4, 0.5) is 20.4 Å². The molecule has 1 heterocycles. The van der Waals surface area contributed by atoms with E-state index in [1.807, 2.05) is 0 Å². The molecule has 0 spiro atoms. The molecule has 7 nitrogen and oxygen atoms in total. The molecule has 0 aliphatic rings. The van der Waals surface area contributed by atoms with Gasteiger partial charge < -0.3 is 20.2 Å². The number of ether oxygens (including phenoxy) is 2. The zero-order valence-electron chi connectivity index (χ0n) is 9.82. The predicted octanol–water partition coefficient (Wildman–Crippen LogP) is 0.464. The standard InChI is InChI=1S/C9H15F2N5O2/c1-17-7-8(14-5-15-9(7)16-12)13-2-3-18-4-6(10)11/h5-6H,2-4,12H2,1H3,(H2,13,14,15,16). The first-order chi connectivity index (χ1) is 8.69. The number of alkyl halides is 2. The lowest BCUT2D eigenvalue weighted by Gasteiger charge is -2.12. The average Bonchev–Trinajstić information content (AvgIpc) is 2.37. The molecular weight excluding hydrogens is 248 g/mol. The maximum Gasteiger partial charge on any atom is 0.261 e. The third-order valence-electron chi connectivity index (χ3n) is 1.93. The van der Waals surface area contributed by atoms with E-state index in [4.69, 9.17) is 15.3 Å². The van der Waals surface area contributed by atoms with Crippen molar-refractivity contribution in [1.82, 2.24) is 9.97 Å². The molecule has 4 N–H and O–H groups in total. The lowest BCUT2D eigenvalue weighted by atomic mass is 10.4. The van der Waals surface area contributed by atoms with E-state index in [0.717, 1.165) is 0 Å². The minimum atomic E-state index is -2.47. The molecule has 0 saturated carbocycles. The Labute approximate surface area is 103 Å². The molecule has 0 radical (unpaired) electrons. The number of aromatic nitrogens is 2. The monoisotopic (exact) mass is 263 g/mol. The number of anilines is 2. The summed E-state index contributed by atoms with van der Waals surface area (Å²) in [6.07, 6.45) is -1.17. The Morgan fingerprint density at radius 2 is 2.11 bits per heavy atom. The smallest absolute Gasteiger partial charge is 0.261 e. The van der Waals surface area contributed by atoms with Crippen molar-refractivity contribution >= 4 is 11.6 Å². The van der Waals surface area contributed by atoms with Crippen LogP contribution >= 0.6 is 0 Å². The quantitative estimate of drug-likeness (QED) is 0.356. The number of methoxy groups -OCH3 is 1. The summed E-state index contributed by atoms with van der Waals surface area (Å²) in [6.45, 7) is -0.148. The normalized spacial score (nSPS) is 10.5. The highest BCUT2D eigenvalue weighted by Crippen LogP contribution is 2.27. The number of nitrogens with two attached hydrogens (primary N) is 1. The second-order valence-corrected chi connectivity index (χ2v) is 3.14. The summed E-state index contributed by atoms with van der Waals surface area (Å²) in [5.74, 6) is 6.32. The third kappa shape index (κ3) is 4.26. The van der Waals surface area contributed by atoms with Crippen molar-refractivity contribution in [3.8, 4) is 5.75 Å². The summed E-state index contributed by atoms with van der Waals surface area (Å²) in [6, 6.07) is 0. The van der Waals surface area contributed by atoms with Crippen LogP contribution in [-0.4, -0.2) is 43.3 Å². The SMILES string of the molecule is COc1c(NN)ncnc1NCCOCC(F)F. The van der Waals surface area contributed by atoms with Gasteiger partial charge in [-0.2, -0.15) is 0 Å². The van der Waals surface area contributed by atoms with Crippen LogP contribution in [0.3, 0.4) is 0 Å². The van der Waals surface area contributed by atoms with Crippen LogP contribution in [0.2, 0.25) is 0 Å². The fraction of sp³-hybridized carbons (Fsp3) is 0.556. The van der Waals surface area contributed by atoms with Crippen LogP contribution in [0.15, 0.2) is 6.33 Å². The summed E-state index contributed by atoms with van der Waals surface area (Å²) >= 11 is 0. The number of hydrazine groups is 1. The Morgan fingerprint density at radius 1 is 1.39 bits per heavy atom. The van der Waals surface area contributed by atoms with E-state index in [2.05, 4.69) is 20.7 Å². The minimum Gasteiger partial charge on any atom is -0.490 e. The molecule has 0 saturated heterocycles. The van der Waals surface area contributed by atoms with Gasteiger partial charge in [0.05, 0.1) is 13.7 Å². The van der Waals surface area contributed by atoms with Crippen molar-refractivity contribution in [3.63, 3.8) is 0 Å². The number of hydrogen-bond donors (Lipinski definition) is 3. The number of rotatable bonds is 8. The van der Waals surface area contributed by atoms with E-state index in [9.17, 15) is 8.78 Å². The first-order valence-electron chi connectivity index (χ1n) is 5.14. The van der Waals surface area contributed by atoms with Crippen LogP contribution in [0, 0.1) is 0 Å². The van der Waals surface area contributed by atoms with Gasteiger partial charge in [-0.25, -0.2) is 24.6 Å². The summed E-state index contributed by atoms with van der Waals surface area (Å²) in [7, 11) is 1.44. The zero-order chi connectivity index (χ0) is 13.4. The van der Waals surface area contributed by atoms with Gasteiger partial charge in [0.25, 0.3) is 6.43 Å². The molecule has 0 atom stereocenters. The molecule has 0 aromatic carbocycles. The van der Waals surface area contributed by atoms with Crippen LogP contribution in [0.1, 0.15) is 0 Å². The Kier molecular flexibility index (Phi) is 6.01. The van der Waals surface area contributed by atoms with E-state index in [1.54, 1.807) is 0 Å². The minimum absolute atomic E-state index is 0.128. The Balaban J connectivity index is 2.46. The van der Waals surface area contributed by atoms with Crippen molar-refractivity contribution in [2.75, 3.05) is 37.6 Å². The molecule has 1 rings (SSSR count). The third-order valence-corrected chi connectivity index (χ3v) is 1.93. The molecule has 0 aliphatic heterocycles. The van der Waals surface area contributed by atoms with E-state index in [0.29, 0.717) is 23.9 Å². The van der Waals surface area contributed by atoms with Gasteiger partial charge in [0.15, 0.2) is 11.6 Å². The van der Waals surface area contributed by atoms with Gasteiger partial charge in [-0.3, -0.25) is 0 Å². The predicted molar refractivity (Wildman–Crippen MR) is 61.7 cm³/mol. The highest BCUT2D eigenvalue weighted by molar-refractivity contribution is 5.62. The summed E-state index contributed by atoms with van der Waals surface area (Å²) in [5.41, 5.74) is 2.36. The molecule has 0 unspecified atom stereocenters. The average molecular weight is 263 g/mol. The second kappa shape index (κ2) is 7.56. The molecule has 18 heavy (non-hydrogen) atoms. The maximum atomic E-state index is 11.8. The van der Waals surface area contributed by atoms with Gasteiger partial charge in [-0.15, -0.1) is 0 Å². The van der Waals surface area contributed by atoms with Gasteiger partial charge in [0.2, 0.25) is 5.75 Å². The topological polar surface area (TPSA) is 94.3 Å². The Morgan fingerprint density at radius 3 is 2.72 bits per heavy atom. The van der Waals surface area contributed by atoms with Crippen LogP contribution in [0.25, 0.3) is 0 Å². The number of nitrogens with zero attached hydrogens (tertiary/aromatic N) is 2. The Hall–Kier alpha value is -1.74. The molecule has 1 aromatic heterocycles. The van der Waals surface area contributed by atoms with Gasteiger partial charge >= 0.3 is 0 Å². The van der Waals surface area contributed by atoms with E-state index < -0.39 is 13.0 Å². The van der Waals surface area contributed by atoms with E-state index in [-0.39, 0.29) is 6.61 Å². The molecule has 0 aliphatic carbocycles. The first kappa shape index (κ1) is 14.3. The van der Waals surface area contributed by atoms with Gasteiger partial charge in [0.1, 0.15) is 12.9 Å². The Bertz CT molecular complexity index is 367. The van der Waals surface area contributed by atoms with Crippen molar-refractivity contribution in [1.29, 1.82) is 0 Å². The van der Waals surface area contributed by atoms with Crippen molar-refractivity contribution in [2.45, 2.75) is 6.43 Å². The summed E-state index contributed by atoms with van der Waals surface area (Å²) in [5, 5.41) is 2.87. The molecule has 1 aromatic rings. The fourth-order valence-corrected chi connectivity index (χ4v) is 1.21. The highest BCUT2D eigenvalue weighted by atomic mass is 19.3. The van der Waals surface area contributed by atoms with Crippen LogP contribution in [0.5, 0.6) is 5.75 Å². The maximum absolute atomic E-state index is 11.8. The van der Waals surface area contributed by atoms with Gasteiger partial charge in [0, 0.05) is 6.54 Å². The number of halogens is 2. The molecular formula is C9H15F2N5O2. The molecule has 0 fully saturated rings. The number of nitrogens with one attached hydrogen (secondary N) is 2.